The first kappa shape index (κ1) is 44.4. The van der Waals surface area contributed by atoms with E-state index in [0.717, 1.165) is 5.56 Å². The Morgan fingerprint density at radius 2 is 1.32 bits per heavy atom. The fourth-order valence-electron chi connectivity index (χ4n) is 3.80. The van der Waals surface area contributed by atoms with E-state index in [0.29, 0.717) is 4.47 Å². The summed E-state index contributed by atoms with van der Waals surface area (Å²) >= 11 is 3.06. The lowest BCUT2D eigenvalue weighted by atomic mass is 10.0. The summed E-state index contributed by atoms with van der Waals surface area (Å²) in [5.41, 5.74) is 0.191. The van der Waals surface area contributed by atoms with Crippen LogP contribution in [0.1, 0.15) is 74.2 Å². The summed E-state index contributed by atoms with van der Waals surface area (Å²) in [5, 5.41) is 41.3. The van der Waals surface area contributed by atoms with E-state index < -0.39 is 47.8 Å². The number of nitrogens with one attached hydrogen (secondary N) is 3. The van der Waals surface area contributed by atoms with Gasteiger partial charge in [-0.1, -0.05) is 58.4 Å². The fraction of sp³-hybridized carbons (Fsp3) is 0.206. The predicted molar refractivity (Wildman–Crippen MR) is 185 cm³/mol. The number of benzene rings is 3. The van der Waals surface area contributed by atoms with Gasteiger partial charge in [0.1, 0.15) is 6.04 Å². The third-order valence-corrected chi connectivity index (χ3v) is 6.44. The SMILES string of the molecule is CC(C)(C)NC(=O)c1ccccc1C(=O)O.O=C(O)CC1NC(=O)NC1=O.O=C(O)c1ccc(Br)cc1C(=O)O.O=COOC(=O)Cc1ccccc1. The average Bonchev–Trinajstić information content (AvgIpc) is 3.39. The number of carboxylic acids is 4. The molecular formula is C34H34BrN3O15. The molecule has 1 fully saturated rings. The highest BCUT2D eigenvalue weighted by Gasteiger charge is 2.31. The van der Waals surface area contributed by atoms with Gasteiger partial charge in [-0.05, 0) is 56.7 Å². The van der Waals surface area contributed by atoms with Crippen LogP contribution in [-0.4, -0.2) is 86.2 Å². The van der Waals surface area contributed by atoms with Gasteiger partial charge in [-0.2, -0.15) is 0 Å². The van der Waals surface area contributed by atoms with Crippen LogP contribution in [0.3, 0.4) is 0 Å². The van der Waals surface area contributed by atoms with Crippen LogP contribution in [0.25, 0.3) is 0 Å². The number of rotatable bonds is 10. The maximum Gasteiger partial charge on any atom is 0.359 e. The molecule has 3 aromatic carbocycles. The second-order valence-corrected chi connectivity index (χ2v) is 12.2. The number of carboxylic acid groups (broad SMARTS) is 4. The minimum Gasteiger partial charge on any atom is -0.481 e. The number of aromatic carboxylic acids is 3. The normalized spacial score (nSPS) is 12.6. The van der Waals surface area contributed by atoms with E-state index in [-0.39, 0.29) is 53.0 Å². The average molecular weight is 805 g/mol. The second kappa shape index (κ2) is 21.6. The van der Waals surface area contributed by atoms with Crippen LogP contribution in [0.5, 0.6) is 0 Å². The molecule has 0 aromatic heterocycles. The third-order valence-electron chi connectivity index (χ3n) is 5.94. The molecule has 0 radical (unpaired) electrons. The van der Waals surface area contributed by atoms with Crippen LogP contribution in [-0.2, 0) is 35.4 Å². The van der Waals surface area contributed by atoms with E-state index in [2.05, 4.69) is 36.3 Å². The lowest BCUT2D eigenvalue weighted by molar-refractivity contribution is -0.247. The van der Waals surface area contributed by atoms with E-state index in [9.17, 15) is 43.2 Å². The molecular weight excluding hydrogens is 770 g/mol. The van der Waals surface area contributed by atoms with Gasteiger partial charge in [-0.3, -0.25) is 29.4 Å². The highest BCUT2D eigenvalue weighted by atomic mass is 79.9. The van der Waals surface area contributed by atoms with E-state index in [1.165, 1.54) is 30.3 Å². The van der Waals surface area contributed by atoms with Crippen molar-refractivity contribution >= 4 is 70.1 Å². The minimum atomic E-state index is -1.25. The Morgan fingerprint density at radius 1 is 0.792 bits per heavy atom. The van der Waals surface area contributed by atoms with Crippen molar-refractivity contribution in [2.24, 2.45) is 0 Å². The first-order valence-corrected chi connectivity index (χ1v) is 15.6. The molecule has 0 bridgehead atoms. The molecule has 7 N–H and O–H groups in total. The molecule has 1 aliphatic rings. The summed E-state index contributed by atoms with van der Waals surface area (Å²) in [4.78, 5) is 103. The summed E-state index contributed by atoms with van der Waals surface area (Å²) in [7, 11) is 0. The zero-order chi connectivity index (χ0) is 40.3. The molecule has 18 nitrogen and oxygen atoms in total. The van der Waals surface area contributed by atoms with Crippen molar-refractivity contribution in [3.05, 3.63) is 105 Å². The van der Waals surface area contributed by atoms with Crippen LogP contribution in [0, 0.1) is 0 Å². The van der Waals surface area contributed by atoms with E-state index in [1.54, 1.807) is 24.3 Å². The van der Waals surface area contributed by atoms with Gasteiger partial charge in [-0.15, -0.1) is 0 Å². The molecule has 282 valence electrons. The first-order valence-electron chi connectivity index (χ1n) is 14.8. The number of halogens is 1. The Morgan fingerprint density at radius 3 is 1.79 bits per heavy atom. The number of carbonyl (C=O) groups excluding carboxylic acids is 5. The Bertz CT molecular complexity index is 1830. The van der Waals surface area contributed by atoms with Crippen LogP contribution in [0.4, 0.5) is 4.79 Å². The number of amides is 4. The lowest BCUT2D eigenvalue weighted by Crippen LogP contribution is -2.41. The number of urea groups is 1. The van der Waals surface area contributed by atoms with Crippen molar-refractivity contribution in [3.63, 3.8) is 0 Å². The second-order valence-electron chi connectivity index (χ2n) is 11.3. The molecule has 4 rings (SSSR count). The lowest BCUT2D eigenvalue weighted by Gasteiger charge is -2.21. The minimum absolute atomic E-state index is 0.0178. The maximum atomic E-state index is 11.8. The molecule has 1 heterocycles. The van der Waals surface area contributed by atoms with Crippen molar-refractivity contribution < 1.29 is 73.4 Å². The monoisotopic (exact) mass is 803 g/mol. The van der Waals surface area contributed by atoms with Gasteiger partial charge in [0, 0.05) is 10.0 Å². The number of carbonyl (C=O) groups is 9. The van der Waals surface area contributed by atoms with E-state index in [4.69, 9.17) is 20.4 Å². The summed E-state index contributed by atoms with van der Waals surface area (Å²) in [6.07, 6.45) is -0.285. The Balaban J connectivity index is 0.000000356. The summed E-state index contributed by atoms with van der Waals surface area (Å²) in [6.45, 7) is 5.58. The molecule has 1 aliphatic heterocycles. The largest absolute Gasteiger partial charge is 0.481 e. The molecule has 0 aliphatic carbocycles. The van der Waals surface area contributed by atoms with Gasteiger partial charge in [0.25, 0.3) is 11.8 Å². The van der Waals surface area contributed by atoms with Crippen molar-refractivity contribution in [3.8, 4) is 0 Å². The van der Waals surface area contributed by atoms with Crippen molar-refractivity contribution in [1.82, 2.24) is 16.0 Å². The van der Waals surface area contributed by atoms with Crippen molar-refractivity contribution in [2.75, 3.05) is 0 Å². The molecule has 1 atom stereocenters. The quantitative estimate of drug-likeness (QED) is 0.0670. The summed E-state index contributed by atoms with van der Waals surface area (Å²) in [5.74, 6) is -6.27. The Labute approximate surface area is 309 Å². The summed E-state index contributed by atoms with van der Waals surface area (Å²) in [6, 6.07) is 17.6. The van der Waals surface area contributed by atoms with Gasteiger partial charge in [-0.25, -0.2) is 28.9 Å². The van der Waals surface area contributed by atoms with Gasteiger partial charge < -0.3 is 31.1 Å². The van der Waals surface area contributed by atoms with Gasteiger partial charge >= 0.3 is 42.3 Å². The standard InChI is InChI=1S/C12H15NO3.C9H8O4.C8H5BrO4.C5H6N2O4/c1-12(2,3)13-10(14)8-6-4-5-7-9(8)11(15)16;10-7-12-13-9(11)6-8-4-2-1-3-5-8;9-4-1-2-5(7(10)11)6(3-4)8(12)13;8-3(9)1-2-4(10)7-5(11)6-2/h4-7H,1-3H3,(H,13,14)(H,15,16);1-5,7H,6H2;1-3H,(H,10,11)(H,12,13);2H,1H2,(H,8,9)(H2,6,7,10,11). The highest BCUT2D eigenvalue weighted by Crippen LogP contribution is 2.17. The van der Waals surface area contributed by atoms with Crippen molar-refractivity contribution in [1.29, 1.82) is 0 Å². The number of imide groups is 1. The number of hydrogen-bond acceptors (Lipinski definition) is 11. The molecule has 0 saturated carbocycles. The smallest absolute Gasteiger partial charge is 0.359 e. The zero-order valence-electron chi connectivity index (χ0n) is 28.2. The Kier molecular flexibility index (Phi) is 18.1. The maximum absolute atomic E-state index is 11.8. The molecule has 0 spiro atoms. The molecule has 1 saturated heterocycles. The van der Waals surface area contributed by atoms with Gasteiger partial charge in [0.05, 0.1) is 35.1 Å². The number of hydrogen-bond donors (Lipinski definition) is 7. The van der Waals surface area contributed by atoms with Gasteiger partial charge in [0.2, 0.25) is 0 Å². The predicted octanol–water partition coefficient (Wildman–Crippen LogP) is 3.29. The van der Waals surface area contributed by atoms with E-state index >= 15 is 0 Å². The van der Waals surface area contributed by atoms with Crippen molar-refractivity contribution in [2.45, 2.75) is 45.2 Å². The van der Waals surface area contributed by atoms with Crippen LogP contribution < -0.4 is 16.0 Å². The van der Waals surface area contributed by atoms with Crippen LogP contribution >= 0.6 is 15.9 Å². The first-order chi connectivity index (χ1) is 24.7. The topological polar surface area (TPSA) is 289 Å². The summed E-state index contributed by atoms with van der Waals surface area (Å²) < 4.78 is 0.537. The molecule has 3 aromatic rings. The molecule has 4 amide bonds. The molecule has 1 unspecified atom stereocenters. The zero-order valence-corrected chi connectivity index (χ0v) is 29.7. The van der Waals surface area contributed by atoms with Crippen LogP contribution in [0.15, 0.2) is 77.3 Å². The molecule has 53 heavy (non-hydrogen) atoms. The third kappa shape index (κ3) is 17.2. The van der Waals surface area contributed by atoms with Crippen LogP contribution in [0.2, 0.25) is 0 Å². The fourth-order valence-corrected chi connectivity index (χ4v) is 4.16. The molecule has 19 heteroatoms. The van der Waals surface area contributed by atoms with E-state index in [1.807, 2.05) is 44.3 Å². The van der Waals surface area contributed by atoms with Gasteiger partial charge in [0.15, 0.2) is 0 Å². The highest BCUT2D eigenvalue weighted by molar-refractivity contribution is 9.10. The Hall–Kier alpha value is -6.63. The number of aliphatic carboxylic acids is 1.